The topological polar surface area (TPSA) is 136 Å². The number of nitrogens with zero attached hydrogens (tertiary/aromatic N) is 1. The van der Waals surface area contributed by atoms with Crippen LogP contribution in [-0.4, -0.2) is 34.5 Å². The van der Waals surface area contributed by atoms with E-state index >= 15 is 0 Å². The van der Waals surface area contributed by atoms with Gasteiger partial charge in [-0.1, -0.05) is 0 Å². The van der Waals surface area contributed by atoms with Crippen LogP contribution in [0.25, 0.3) is 0 Å². The molecular weight excluding hydrogens is 278 g/mol. The lowest BCUT2D eigenvalue weighted by Gasteiger charge is -2.14. The molecule has 1 amide bonds. The van der Waals surface area contributed by atoms with E-state index in [0.717, 1.165) is 0 Å². The van der Waals surface area contributed by atoms with E-state index in [1.165, 1.54) is 24.3 Å². The molecule has 4 N–H and O–H groups in total. The molecule has 8 heteroatoms. The number of nitro groups is 1. The fourth-order valence-corrected chi connectivity index (χ4v) is 1.73. The summed E-state index contributed by atoms with van der Waals surface area (Å²) in [5.41, 5.74) is 5.37. The number of amides is 1. The van der Waals surface area contributed by atoms with E-state index in [9.17, 15) is 19.7 Å². The maximum Gasteiger partial charge on any atom is 0.326 e. The van der Waals surface area contributed by atoms with Crippen molar-refractivity contribution in [3.8, 4) is 0 Å². The van der Waals surface area contributed by atoms with E-state index in [2.05, 4.69) is 5.32 Å². The molecule has 0 aliphatic rings. The van der Waals surface area contributed by atoms with Crippen molar-refractivity contribution < 1.29 is 19.6 Å². The van der Waals surface area contributed by atoms with E-state index in [1.54, 1.807) is 0 Å². The van der Waals surface area contributed by atoms with Crippen molar-refractivity contribution in [2.75, 3.05) is 6.54 Å². The van der Waals surface area contributed by atoms with E-state index in [4.69, 9.17) is 10.8 Å². The lowest BCUT2D eigenvalue weighted by molar-refractivity contribution is -0.384. The lowest BCUT2D eigenvalue weighted by atomic mass is 10.1. The van der Waals surface area contributed by atoms with Gasteiger partial charge < -0.3 is 16.2 Å². The van der Waals surface area contributed by atoms with Crippen LogP contribution in [0.5, 0.6) is 0 Å². The first-order valence-electron chi connectivity index (χ1n) is 6.44. The van der Waals surface area contributed by atoms with Gasteiger partial charge in [-0.05, 0) is 37.9 Å². The van der Waals surface area contributed by atoms with E-state index < -0.39 is 22.8 Å². The number of nitrogens with one attached hydrogen (secondary N) is 1. The first-order chi connectivity index (χ1) is 9.95. The van der Waals surface area contributed by atoms with E-state index in [0.29, 0.717) is 19.4 Å². The van der Waals surface area contributed by atoms with Crippen LogP contribution in [0.3, 0.4) is 0 Å². The summed E-state index contributed by atoms with van der Waals surface area (Å²) in [4.78, 5) is 32.9. The molecule has 8 nitrogen and oxygen atoms in total. The number of rotatable bonds is 8. The van der Waals surface area contributed by atoms with E-state index in [-0.39, 0.29) is 17.7 Å². The van der Waals surface area contributed by atoms with Crippen molar-refractivity contribution in [1.29, 1.82) is 0 Å². The molecule has 1 unspecified atom stereocenters. The number of nitro benzene ring substituents is 1. The van der Waals surface area contributed by atoms with Gasteiger partial charge in [0.05, 0.1) is 4.92 Å². The number of carboxylic acids is 1. The number of non-ortho nitro benzene ring substituents is 1. The number of carboxylic acid groups (broad SMARTS) is 1. The Morgan fingerprint density at radius 3 is 2.38 bits per heavy atom. The van der Waals surface area contributed by atoms with Gasteiger partial charge in [-0.3, -0.25) is 14.9 Å². The van der Waals surface area contributed by atoms with Crippen LogP contribution in [-0.2, 0) is 4.79 Å². The minimum atomic E-state index is -1.12. The molecule has 0 bridgehead atoms. The van der Waals surface area contributed by atoms with Crippen molar-refractivity contribution in [1.82, 2.24) is 5.32 Å². The standard InChI is InChI=1S/C13H17N3O5/c14-8-2-1-3-11(13(18)19)15-12(17)9-4-6-10(7-5-9)16(20)21/h4-7,11H,1-3,8,14H2,(H,15,17)(H,18,19). The Labute approximate surface area is 121 Å². The molecule has 1 aromatic rings. The number of hydrogen-bond acceptors (Lipinski definition) is 5. The van der Waals surface area contributed by atoms with Gasteiger partial charge in [0.1, 0.15) is 6.04 Å². The molecule has 0 aliphatic carbocycles. The number of nitrogens with two attached hydrogens (primary N) is 1. The highest BCUT2D eigenvalue weighted by Gasteiger charge is 2.20. The monoisotopic (exact) mass is 295 g/mol. The Morgan fingerprint density at radius 1 is 1.29 bits per heavy atom. The molecule has 0 aliphatic heterocycles. The number of hydrogen-bond donors (Lipinski definition) is 3. The Morgan fingerprint density at radius 2 is 1.90 bits per heavy atom. The van der Waals surface area contributed by atoms with Crippen LogP contribution >= 0.6 is 0 Å². The zero-order chi connectivity index (χ0) is 15.8. The Bertz CT molecular complexity index is 515. The number of benzene rings is 1. The molecule has 0 radical (unpaired) electrons. The SMILES string of the molecule is NCCCCC(NC(=O)c1ccc([N+](=O)[O-])cc1)C(=O)O. The highest BCUT2D eigenvalue weighted by Crippen LogP contribution is 2.12. The predicted octanol–water partition coefficient (Wildman–Crippen LogP) is 0.907. The molecule has 1 aromatic carbocycles. The van der Waals surface area contributed by atoms with Gasteiger partial charge in [0, 0.05) is 17.7 Å². The predicted molar refractivity (Wildman–Crippen MR) is 74.9 cm³/mol. The largest absolute Gasteiger partial charge is 0.480 e. The Kier molecular flexibility index (Phi) is 6.28. The molecule has 0 spiro atoms. The summed E-state index contributed by atoms with van der Waals surface area (Å²) >= 11 is 0. The molecule has 0 saturated heterocycles. The van der Waals surface area contributed by atoms with Gasteiger partial charge >= 0.3 is 5.97 Å². The maximum atomic E-state index is 11.9. The maximum absolute atomic E-state index is 11.9. The Hall–Kier alpha value is -2.48. The van der Waals surface area contributed by atoms with Crippen LogP contribution in [0.2, 0.25) is 0 Å². The van der Waals surface area contributed by atoms with Crippen molar-refractivity contribution in [2.24, 2.45) is 5.73 Å². The van der Waals surface area contributed by atoms with Crippen LogP contribution < -0.4 is 11.1 Å². The van der Waals surface area contributed by atoms with Gasteiger partial charge in [-0.2, -0.15) is 0 Å². The number of aliphatic carboxylic acids is 1. The summed E-state index contributed by atoms with van der Waals surface area (Å²) in [6.07, 6.45) is 1.55. The third-order valence-corrected chi connectivity index (χ3v) is 2.89. The summed E-state index contributed by atoms with van der Waals surface area (Å²) in [6.45, 7) is 0.461. The van der Waals surface area contributed by atoms with Gasteiger partial charge in [0.25, 0.3) is 11.6 Å². The molecular formula is C13H17N3O5. The quantitative estimate of drug-likeness (QED) is 0.370. The van der Waals surface area contributed by atoms with Gasteiger partial charge in [-0.15, -0.1) is 0 Å². The van der Waals surface area contributed by atoms with Crippen molar-refractivity contribution in [3.63, 3.8) is 0 Å². The average molecular weight is 295 g/mol. The zero-order valence-corrected chi connectivity index (χ0v) is 11.3. The smallest absolute Gasteiger partial charge is 0.326 e. The first kappa shape index (κ1) is 16.6. The molecule has 114 valence electrons. The molecule has 0 aromatic heterocycles. The van der Waals surface area contributed by atoms with Gasteiger partial charge in [0.15, 0.2) is 0 Å². The number of carbonyl (C=O) groups excluding carboxylic acids is 1. The third kappa shape index (κ3) is 5.19. The average Bonchev–Trinajstić information content (AvgIpc) is 2.46. The first-order valence-corrected chi connectivity index (χ1v) is 6.44. The van der Waals surface area contributed by atoms with Gasteiger partial charge in [0.2, 0.25) is 0 Å². The van der Waals surface area contributed by atoms with Crippen LogP contribution in [0.15, 0.2) is 24.3 Å². The normalized spacial score (nSPS) is 11.7. The summed E-state index contributed by atoms with van der Waals surface area (Å²) < 4.78 is 0. The lowest BCUT2D eigenvalue weighted by Crippen LogP contribution is -2.40. The highest BCUT2D eigenvalue weighted by molar-refractivity contribution is 5.96. The van der Waals surface area contributed by atoms with Crippen LogP contribution in [0.4, 0.5) is 5.69 Å². The van der Waals surface area contributed by atoms with Gasteiger partial charge in [-0.25, -0.2) is 4.79 Å². The summed E-state index contributed by atoms with van der Waals surface area (Å²) in [6, 6.07) is 3.95. The summed E-state index contributed by atoms with van der Waals surface area (Å²) in [5, 5.41) is 22.0. The van der Waals surface area contributed by atoms with Crippen molar-refractivity contribution >= 4 is 17.6 Å². The molecule has 21 heavy (non-hydrogen) atoms. The summed E-state index contributed by atoms with van der Waals surface area (Å²) in [5.74, 6) is -1.70. The minimum Gasteiger partial charge on any atom is -0.480 e. The summed E-state index contributed by atoms with van der Waals surface area (Å²) in [7, 11) is 0. The molecule has 1 atom stereocenters. The van der Waals surface area contributed by atoms with E-state index in [1.807, 2.05) is 0 Å². The number of carbonyl (C=O) groups is 2. The highest BCUT2D eigenvalue weighted by atomic mass is 16.6. The third-order valence-electron chi connectivity index (χ3n) is 2.89. The number of unbranched alkanes of at least 4 members (excludes halogenated alkanes) is 1. The second kappa shape index (κ2) is 7.95. The zero-order valence-electron chi connectivity index (χ0n) is 11.3. The second-order valence-electron chi connectivity index (χ2n) is 4.45. The van der Waals surface area contributed by atoms with Crippen molar-refractivity contribution in [3.05, 3.63) is 39.9 Å². The second-order valence-corrected chi connectivity index (χ2v) is 4.45. The van der Waals surface area contributed by atoms with Crippen LogP contribution in [0.1, 0.15) is 29.6 Å². The fraction of sp³-hybridized carbons (Fsp3) is 0.385. The minimum absolute atomic E-state index is 0.135. The molecule has 1 rings (SSSR count). The molecule has 0 fully saturated rings. The molecule has 0 saturated carbocycles. The fourth-order valence-electron chi connectivity index (χ4n) is 1.73. The molecule has 0 heterocycles. The van der Waals surface area contributed by atoms with Crippen molar-refractivity contribution in [2.45, 2.75) is 25.3 Å². The van der Waals surface area contributed by atoms with Crippen LogP contribution in [0, 0.1) is 10.1 Å². The Balaban J connectivity index is 2.68.